The van der Waals surface area contributed by atoms with Gasteiger partial charge in [0.15, 0.2) is 0 Å². The molecular weight excluding hydrogens is 360 g/mol. The summed E-state index contributed by atoms with van der Waals surface area (Å²) in [5, 5.41) is 0. The molecule has 3 aliphatic rings. The Morgan fingerprint density at radius 2 is 1.22 bits per heavy atom. The van der Waals surface area contributed by atoms with Gasteiger partial charge in [0, 0.05) is 12.8 Å². The van der Waals surface area contributed by atoms with E-state index in [9.17, 15) is 14.4 Å². The van der Waals surface area contributed by atoms with Crippen LogP contribution in [0.3, 0.4) is 0 Å². The van der Waals surface area contributed by atoms with E-state index in [0.717, 1.165) is 0 Å². The van der Waals surface area contributed by atoms with Crippen molar-refractivity contribution in [2.75, 3.05) is 39.6 Å². The summed E-state index contributed by atoms with van der Waals surface area (Å²) in [7, 11) is 0. The Hall–Kier alpha value is -1.71. The molecule has 9 heteroatoms. The maximum absolute atomic E-state index is 12.3. The summed E-state index contributed by atoms with van der Waals surface area (Å²) in [6, 6.07) is 0. The number of carbonyl (C=O) groups is 3. The van der Waals surface area contributed by atoms with Crippen molar-refractivity contribution in [2.45, 2.75) is 50.4 Å². The highest BCUT2D eigenvalue weighted by Gasteiger charge is 2.29. The minimum atomic E-state index is -0.465. The van der Waals surface area contributed by atoms with Gasteiger partial charge in [0.1, 0.15) is 38.1 Å². The van der Waals surface area contributed by atoms with Crippen LogP contribution in [0.25, 0.3) is 0 Å². The summed E-state index contributed by atoms with van der Waals surface area (Å²) in [5.74, 6) is -1.51. The van der Waals surface area contributed by atoms with Crippen LogP contribution in [0.1, 0.15) is 32.1 Å². The molecule has 9 nitrogen and oxygen atoms in total. The first-order valence-electron chi connectivity index (χ1n) is 9.43. The van der Waals surface area contributed by atoms with Crippen LogP contribution in [-0.4, -0.2) is 75.9 Å². The summed E-state index contributed by atoms with van der Waals surface area (Å²) in [4.78, 5) is 35.7. The Balaban J connectivity index is 1.34. The summed E-state index contributed by atoms with van der Waals surface area (Å²) in [6.07, 6.45) is 1.61. The molecule has 0 aromatic carbocycles. The molecule has 0 saturated carbocycles. The molecule has 152 valence electrons. The van der Waals surface area contributed by atoms with E-state index in [1.807, 2.05) is 0 Å². The smallest absolute Gasteiger partial charge is 0.309 e. The number of carbonyl (C=O) groups excluding carboxylic acids is 3. The van der Waals surface area contributed by atoms with E-state index in [-0.39, 0.29) is 68.9 Å². The number of hydrogen-bond acceptors (Lipinski definition) is 9. The van der Waals surface area contributed by atoms with Crippen LogP contribution in [0.2, 0.25) is 0 Å². The molecule has 4 unspecified atom stereocenters. The molecular formula is C18H26O9. The fraction of sp³-hybridized carbons (Fsp3) is 0.833. The second kappa shape index (κ2) is 10.0. The Labute approximate surface area is 157 Å². The molecule has 3 aliphatic heterocycles. The number of ether oxygens (including phenoxy) is 6. The second-order valence-electron chi connectivity index (χ2n) is 6.99. The van der Waals surface area contributed by atoms with Crippen LogP contribution in [0.4, 0.5) is 0 Å². The average molecular weight is 386 g/mol. The van der Waals surface area contributed by atoms with Crippen molar-refractivity contribution in [3.63, 3.8) is 0 Å². The molecule has 0 aromatic heterocycles. The van der Waals surface area contributed by atoms with Crippen LogP contribution in [0, 0.1) is 5.92 Å². The van der Waals surface area contributed by atoms with E-state index >= 15 is 0 Å². The number of epoxide rings is 3. The SMILES string of the molecule is O=C(CCCC(CCC(=O)OCC1CO1)C(=O)OCC1CO1)OCC1CO1. The van der Waals surface area contributed by atoms with Crippen molar-refractivity contribution in [1.82, 2.24) is 0 Å². The van der Waals surface area contributed by atoms with Crippen molar-refractivity contribution in [3.05, 3.63) is 0 Å². The van der Waals surface area contributed by atoms with E-state index in [4.69, 9.17) is 28.4 Å². The minimum absolute atomic E-state index is 0.0142. The third-order valence-corrected chi connectivity index (χ3v) is 4.44. The van der Waals surface area contributed by atoms with Gasteiger partial charge in [0.2, 0.25) is 0 Å². The fourth-order valence-corrected chi connectivity index (χ4v) is 2.47. The van der Waals surface area contributed by atoms with Gasteiger partial charge in [-0.05, 0) is 19.3 Å². The highest BCUT2D eigenvalue weighted by atomic mass is 16.6. The lowest BCUT2D eigenvalue weighted by molar-refractivity contribution is -0.151. The molecule has 3 rings (SSSR count). The first kappa shape index (κ1) is 20.0. The van der Waals surface area contributed by atoms with Crippen LogP contribution in [0.15, 0.2) is 0 Å². The lowest BCUT2D eigenvalue weighted by atomic mass is 9.96. The van der Waals surface area contributed by atoms with E-state index < -0.39 is 5.92 Å². The molecule has 0 spiro atoms. The van der Waals surface area contributed by atoms with Crippen molar-refractivity contribution in [3.8, 4) is 0 Å². The van der Waals surface area contributed by atoms with Gasteiger partial charge in [-0.2, -0.15) is 0 Å². The Morgan fingerprint density at radius 3 is 1.74 bits per heavy atom. The molecule has 0 aromatic rings. The summed E-state index contributed by atoms with van der Waals surface area (Å²) >= 11 is 0. The van der Waals surface area contributed by atoms with Gasteiger partial charge in [0.05, 0.1) is 25.7 Å². The Bertz CT molecular complexity index is 523. The fourth-order valence-electron chi connectivity index (χ4n) is 2.47. The van der Waals surface area contributed by atoms with Gasteiger partial charge in [-0.25, -0.2) is 0 Å². The number of hydrogen-bond donors (Lipinski definition) is 0. The second-order valence-corrected chi connectivity index (χ2v) is 6.99. The molecule has 0 N–H and O–H groups in total. The summed E-state index contributed by atoms with van der Waals surface area (Å²) in [6.45, 7) is 2.61. The topological polar surface area (TPSA) is 116 Å². The third-order valence-electron chi connectivity index (χ3n) is 4.44. The lowest BCUT2D eigenvalue weighted by Gasteiger charge is -2.15. The van der Waals surface area contributed by atoms with Gasteiger partial charge in [-0.1, -0.05) is 0 Å². The summed E-state index contributed by atoms with van der Waals surface area (Å²) < 4.78 is 30.4. The molecule has 0 aliphatic carbocycles. The van der Waals surface area contributed by atoms with Gasteiger partial charge in [-0.3, -0.25) is 14.4 Å². The molecule has 0 amide bonds. The minimum Gasteiger partial charge on any atom is -0.463 e. The van der Waals surface area contributed by atoms with Crippen LogP contribution in [-0.2, 0) is 42.8 Å². The zero-order valence-electron chi connectivity index (χ0n) is 15.3. The first-order valence-corrected chi connectivity index (χ1v) is 9.43. The molecule has 4 atom stereocenters. The molecule has 3 heterocycles. The van der Waals surface area contributed by atoms with Gasteiger partial charge < -0.3 is 28.4 Å². The van der Waals surface area contributed by atoms with Crippen molar-refractivity contribution in [2.24, 2.45) is 5.92 Å². The quantitative estimate of drug-likeness (QED) is 0.237. The van der Waals surface area contributed by atoms with Crippen molar-refractivity contribution in [1.29, 1.82) is 0 Å². The Morgan fingerprint density at radius 1 is 0.741 bits per heavy atom. The zero-order chi connectivity index (χ0) is 19.1. The molecule has 3 saturated heterocycles. The first-order chi connectivity index (χ1) is 13.1. The Kier molecular flexibility index (Phi) is 7.42. The number of esters is 3. The van der Waals surface area contributed by atoms with E-state index in [0.29, 0.717) is 39.1 Å². The maximum atomic E-state index is 12.3. The molecule has 27 heavy (non-hydrogen) atoms. The monoisotopic (exact) mass is 386 g/mol. The van der Waals surface area contributed by atoms with Crippen molar-refractivity contribution < 1.29 is 42.8 Å². The highest BCUT2D eigenvalue weighted by Crippen LogP contribution is 2.20. The highest BCUT2D eigenvalue weighted by molar-refractivity contribution is 5.75. The predicted molar refractivity (Wildman–Crippen MR) is 88.7 cm³/mol. The molecule has 3 fully saturated rings. The van der Waals surface area contributed by atoms with E-state index in [1.54, 1.807) is 0 Å². The zero-order valence-corrected chi connectivity index (χ0v) is 15.3. The normalized spacial score (nSPS) is 26.0. The largest absolute Gasteiger partial charge is 0.463 e. The van der Waals surface area contributed by atoms with Crippen LogP contribution >= 0.6 is 0 Å². The van der Waals surface area contributed by atoms with Gasteiger partial charge in [0.25, 0.3) is 0 Å². The predicted octanol–water partition coefficient (Wildman–Crippen LogP) is 0.379. The summed E-state index contributed by atoms with van der Waals surface area (Å²) in [5.41, 5.74) is 0. The van der Waals surface area contributed by atoms with E-state index in [2.05, 4.69) is 0 Å². The van der Waals surface area contributed by atoms with E-state index in [1.165, 1.54) is 0 Å². The third kappa shape index (κ3) is 8.68. The number of rotatable bonds is 14. The van der Waals surface area contributed by atoms with Gasteiger partial charge >= 0.3 is 17.9 Å². The van der Waals surface area contributed by atoms with Crippen LogP contribution in [0.5, 0.6) is 0 Å². The molecule has 0 radical (unpaired) electrons. The average Bonchev–Trinajstić information content (AvgIpc) is 3.50. The maximum Gasteiger partial charge on any atom is 0.309 e. The molecule has 0 bridgehead atoms. The van der Waals surface area contributed by atoms with Crippen molar-refractivity contribution >= 4 is 17.9 Å². The standard InChI is InChI=1S/C18H26O9/c19-16(25-9-13-6-22-13)3-1-2-12(18(21)27-11-15-8-24-15)4-5-17(20)26-10-14-7-23-14/h12-15H,1-11H2. The van der Waals surface area contributed by atoms with Crippen LogP contribution < -0.4 is 0 Å². The lowest BCUT2D eigenvalue weighted by Crippen LogP contribution is -2.22. The van der Waals surface area contributed by atoms with Gasteiger partial charge in [-0.15, -0.1) is 0 Å².